The summed E-state index contributed by atoms with van der Waals surface area (Å²) in [7, 11) is 0. The van der Waals surface area contributed by atoms with E-state index in [0.717, 1.165) is 49.1 Å². The number of piperidine rings is 1. The highest BCUT2D eigenvalue weighted by Gasteiger charge is 2.30. The summed E-state index contributed by atoms with van der Waals surface area (Å²) in [4.78, 5) is 38.2. The van der Waals surface area contributed by atoms with E-state index in [4.69, 9.17) is 14.6 Å². The van der Waals surface area contributed by atoms with Crippen molar-refractivity contribution < 1.29 is 29.0 Å². The summed E-state index contributed by atoms with van der Waals surface area (Å²) >= 11 is 0. The molecule has 3 aromatic carbocycles. The van der Waals surface area contributed by atoms with E-state index < -0.39 is 5.97 Å². The van der Waals surface area contributed by atoms with Crippen LogP contribution in [0.3, 0.4) is 0 Å². The molecule has 44 heavy (non-hydrogen) atoms. The molecule has 10 heteroatoms. The zero-order valence-electron chi connectivity index (χ0n) is 25.0. The van der Waals surface area contributed by atoms with Gasteiger partial charge in [-0.3, -0.25) is 14.5 Å². The van der Waals surface area contributed by atoms with E-state index in [1.165, 1.54) is 22.4 Å². The van der Waals surface area contributed by atoms with Crippen molar-refractivity contribution in [3.05, 3.63) is 83.9 Å². The number of benzene rings is 3. The second kappa shape index (κ2) is 14.9. The van der Waals surface area contributed by atoms with Gasteiger partial charge in [0.15, 0.2) is 11.5 Å². The topological polar surface area (TPSA) is 129 Å². The average molecular weight is 601 g/mol. The molecular weight excluding hydrogens is 560 g/mol. The van der Waals surface area contributed by atoms with E-state index in [2.05, 4.69) is 70.2 Å². The first-order valence-corrected chi connectivity index (χ1v) is 15.1. The van der Waals surface area contributed by atoms with Crippen molar-refractivity contribution in [2.45, 2.75) is 44.8 Å². The first-order chi connectivity index (χ1) is 21.4. The number of nitrogens with one attached hydrogen (secondary N) is 3. The minimum absolute atomic E-state index is 0.0798. The molecule has 0 saturated carbocycles. The zero-order chi connectivity index (χ0) is 30.9. The smallest absolute Gasteiger partial charge is 0.328 e. The van der Waals surface area contributed by atoms with E-state index in [1.807, 2.05) is 18.2 Å². The number of amides is 2. The van der Waals surface area contributed by atoms with Gasteiger partial charge in [-0.05, 0) is 72.8 Å². The standard InChI is InChI=1S/C34H40N4O6/c1-23(27-9-4-7-25-6-2-3-8-28(25)27)38-16-13-26(14-17-38)29(36-20-24-11-12-30-31(18-24)44-22-43-30)19-32(39)37-21-33(40)35-15-5-10-34(41)42/h2-12,18,23,26,29,36H,13-17,19-22H2,1H3,(H,35,40)(H,37,39)(H,41,42)/b10-5+. The maximum atomic E-state index is 13.0. The Hall–Kier alpha value is -4.41. The Morgan fingerprint density at radius 3 is 2.57 bits per heavy atom. The van der Waals surface area contributed by atoms with Crippen LogP contribution < -0.4 is 25.4 Å². The molecule has 10 nitrogen and oxygen atoms in total. The average Bonchev–Trinajstić information content (AvgIpc) is 3.51. The number of carbonyl (C=O) groups excluding carboxylic acids is 2. The van der Waals surface area contributed by atoms with Crippen molar-refractivity contribution in [2.24, 2.45) is 5.92 Å². The van der Waals surface area contributed by atoms with Crippen LogP contribution in [0.5, 0.6) is 11.5 Å². The number of carboxylic acids is 1. The third-order valence-electron chi connectivity index (χ3n) is 8.50. The Balaban J connectivity index is 1.19. The number of ether oxygens (including phenoxy) is 2. The molecular formula is C34H40N4O6. The number of hydrogen-bond acceptors (Lipinski definition) is 7. The van der Waals surface area contributed by atoms with Gasteiger partial charge in [0.25, 0.3) is 0 Å². The van der Waals surface area contributed by atoms with Crippen molar-refractivity contribution >= 4 is 28.6 Å². The van der Waals surface area contributed by atoms with Crippen LogP contribution in [-0.2, 0) is 20.9 Å². The molecule has 0 aliphatic carbocycles. The summed E-state index contributed by atoms with van der Waals surface area (Å²) in [6.07, 6.45) is 4.42. The predicted octanol–water partition coefficient (Wildman–Crippen LogP) is 3.76. The Bertz CT molecular complexity index is 1490. The van der Waals surface area contributed by atoms with Crippen LogP contribution in [-0.4, -0.2) is 66.8 Å². The second-order valence-corrected chi connectivity index (χ2v) is 11.3. The molecule has 3 aromatic rings. The number of carbonyl (C=O) groups is 3. The van der Waals surface area contributed by atoms with Gasteiger partial charge in [0.05, 0.1) is 6.54 Å². The van der Waals surface area contributed by atoms with Crippen molar-refractivity contribution in [3.8, 4) is 11.5 Å². The first-order valence-electron chi connectivity index (χ1n) is 15.1. The minimum atomic E-state index is -1.08. The first kappa shape index (κ1) is 31.0. The van der Waals surface area contributed by atoms with Gasteiger partial charge in [-0.2, -0.15) is 0 Å². The lowest BCUT2D eigenvalue weighted by Gasteiger charge is -2.39. The van der Waals surface area contributed by atoms with E-state index in [-0.39, 0.29) is 56.1 Å². The number of carboxylic acid groups (broad SMARTS) is 1. The molecule has 2 aliphatic heterocycles. The van der Waals surface area contributed by atoms with Crippen LogP contribution in [0.15, 0.2) is 72.8 Å². The Morgan fingerprint density at radius 2 is 1.75 bits per heavy atom. The highest BCUT2D eigenvalue weighted by molar-refractivity contribution is 5.86. The summed E-state index contributed by atoms with van der Waals surface area (Å²) in [5.74, 6) is 0.0546. The molecule has 2 atom stereocenters. The van der Waals surface area contributed by atoms with Crippen LogP contribution in [0.25, 0.3) is 10.8 Å². The number of nitrogens with zero attached hydrogens (tertiary/aromatic N) is 1. The number of fused-ring (bicyclic) bond motifs is 2. The van der Waals surface area contributed by atoms with E-state index in [0.29, 0.717) is 6.54 Å². The van der Waals surface area contributed by atoms with Gasteiger partial charge in [-0.25, -0.2) is 4.79 Å². The maximum absolute atomic E-state index is 13.0. The third-order valence-corrected chi connectivity index (χ3v) is 8.50. The predicted molar refractivity (Wildman–Crippen MR) is 167 cm³/mol. The molecule has 2 amide bonds. The fraction of sp³-hybridized carbons (Fsp3) is 0.382. The van der Waals surface area contributed by atoms with Crippen molar-refractivity contribution in [3.63, 3.8) is 0 Å². The largest absolute Gasteiger partial charge is 0.478 e. The summed E-state index contributed by atoms with van der Waals surface area (Å²) in [6.45, 7) is 4.81. The van der Waals surface area contributed by atoms with Crippen LogP contribution in [0, 0.1) is 5.92 Å². The lowest BCUT2D eigenvalue weighted by Crippen LogP contribution is -2.46. The van der Waals surface area contributed by atoms with Gasteiger partial charge in [-0.1, -0.05) is 54.6 Å². The molecule has 0 aromatic heterocycles. The number of aliphatic carboxylic acids is 1. The van der Waals surface area contributed by atoms with E-state index >= 15 is 0 Å². The molecule has 1 saturated heterocycles. The van der Waals surface area contributed by atoms with E-state index in [9.17, 15) is 14.4 Å². The van der Waals surface area contributed by atoms with Gasteiger partial charge in [0.1, 0.15) is 0 Å². The Labute approximate surface area is 257 Å². The normalized spacial score (nSPS) is 16.6. The highest BCUT2D eigenvalue weighted by atomic mass is 16.7. The zero-order valence-corrected chi connectivity index (χ0v) is 25.0. The van der Waals surface area contributed by atoms with Crippen LogP contribution >= 0.6 is 0 Å². The molecule has 2 heterocycles. The molecule has 0 bridgehead atoms. The van der Waals surface area contributed by atoms with Gasteiger partial charge < -0.3 is 30.5 Å². The number of likely N-dealkylation sites (tertiary alicyclic amines) is 1. The van der Waals surface area contributed by atoms with Gasteiger partial charge in [-0.15, -0.1) is 0 Å². The molecule has 0 radical (unpaired) electrons. The van der Waals surface area contributed by atoms with Crippen molar-refractivity contribution in [1.29, 1.82) is 0 Å². The lowest BCUT2D eigenvalue weighted by molar-refractivity contribution is -0.131. The van der Waals surface area contributed by atoms with Gasteiger partial charge >= 0.3 is 5.97 Å². The number of hydrogen-bond donors (Lipinski definition) is 4. The highest BCUT2D eigenvalue weighted by Crippen LogP contribution is 2.34. The lowest BCUT2D eigenvalue weighted by atomic mass is 9.86. The number of rotatable bonds is 13. The molecule has 2 aliphatic rings. The minimum Gasteiger partial charge on any atom is -0.478 e. The van der Waals surface area contributed by atoms with Crippen LogP contribution in [0.1, 0.15) is 43.4 Å². The van der Waals surface area contributed by atoms with E-state index in [1.54, 1.807) is 0 Å². The van der Waals surface area contributed by atoms with Crippen LogP contribution in [0.4, 0.5) is 0 Å². The quantitative estimate of drug-likeness (QED) is 0.218. The molecule has 4 N–H and O–H groups in total. The summed E-state index contributed by atoms with van der Waals surface area (Å²) in [6, 6.07) is 21.0. The SMILES string of the molecule is CC(c1cccc2ccccc12)N1CCC(C(CC(=O)NCC(=O)NC/C=C/C(=O)O)NCc2ccc3c(c2)OCO3)CC1. The fourth-order valence-electron chi connectivity index (χ4n) is 6.07. The Kier molecular flexibility index (Phi) is 10.5. The molecule has 232 valence electrons. The summed E-state index contributed by atoms with van der Waals surface area (Å²) in [5.41, 5.74) is 2.37. The van der Waals surface area contributed by atoms with Gasteiger partial charge in [0.2, 0.25) is 18.6 Å². The molecule has 0 spiro atoms. The summed E-state index contributed by atoms with van der Waals surface area (Å²) in [5, 5.41) is 20.1. The van der Waals surface area contributed by atoms with Gasteiger partial charge in [0, 0.05) is 37.7 Å². The monoisotopic (exact) mass is 600 g/mol. The molecule has 5 rings (SSSR count). The third kappa shape index (κ3) is 8.15. The second-order valence-electron chi connectivity index (χ2n) is 11.3. The molecule has 2 unspecified atom stereocenters. The maximum Gasteiger partial charge on any atom is 0.328 e. The van der Waals surface area contributed by atoms with Crippen molar-refractivity contribution in [2.75, 3.05) is 33.0 Å². The Morgan fingerprint density at radius 1 is 0.977 bits per heavy atom. The molecule has 1 fully saturated rings. The fourth-order valence-corrected chi connectivity index (χ4v) is 6.07. The summed E-state index contributed by atoms with van der Waals surface area (Å²) < 4.78 is 11.0. The van der Waals surface area contributed by atoms with Crippen LogP contribution in [0.2, 0.25) is 0 Å². The van der Waals surface area contributed by atoms with Crippen molar-refractivity contribution in [1.82, 2.24) is 20.9 Å².